The Morgan fingerprint density at radius 2 is 1.65 bits per heavy atom. The average molecular weight is 383 g/mol. The number of ether oxygens (including phenoxy) is 2. The Morgan fingerprint density at radius 3 is 2.27 bits per heavy atom. The number of nitrogens with zero attached hydrogens (tertiary/aromatic N) is 1. The average Bonchev–Trinajstić information content (AvgIpc) is 3.10. The standard InChI is InChI=1S/C18H19F2NO4S/c1-24-17-6-5-12(8-18(17)25-2)16-4-3-7-21(16)26(22,23)15-10-13(19)9-14(20)11-15/h5-6,8-11,16H,3-4,7H2,1-2H3. The van der Waals surface area contributed by atoms with Gasteiger partial charge in [0.15, 0.2) is 11.5 Å². The van der Waals surface area contributed by atoms with Crippen LogP contribution >= 0.6 is 0 Å². The highest BCUT2D eigenvalue weighted by Crippen LogP contribution is 2.39. The van der Waals surface area contributed by atoms with E-state index in [2.05, 4.69) is 0 Å². The molecule has 1 aliphatic heterocycles. The van der Waals surface area contributed by atoms with Crippen LogP contribution in [0.4, 0.5) is 8.78 Å². The Hall–Kier alpha value is -2.19. The van der Waals surface area contributed by atoms with Gasteiger partial charge in [-0.05, 0) is 42.7 Å². The van der Waals surface area contributed by atoms with Crippen LogP contribution in [0.15, 0.2) is 41.3 Å². The molecule has 1 saturated heterocycles. The summed E-state index contributed by atoms with van der Waals surface area (Å²) in [6, 6.07) is 7.08. The lowest BCUT2D eigenvalue weighted by atomic mass is 10.0. The molecule has 0 bridgehead atoms. The Kier molecular flexibility index (Phi) is 5.15. The maximum atomic E-state index is 13.5. The van der Waals surface area contributed by atoms with Crippen LogP contribution in [0.3, 0.4) is 0 Å². The predicted molar refractivity (Wildman–Crippen MR) is 91.8 cm³/mol. The van der Waals surface area contributed by atoms with Gasteiger partial charge in [0, 0.05) is 12.6 Å². The van der Waals surface area contributed by atoms with Crippen LogP contribution < -0.4 is 9.47 Å². The van der Waals surface area contributed by atoms with Crippen molar-refractivity contribution in [3.05, 3.63) is 53.6 Å². The number of hydrogen-bond acceptors (Lipinski definition) is 4. The molecular weight excluding hydrogens is 364 g/mol. The molecule has 3 rings (SSSR count). The Balaban J connectivity index is 2.00. The van der Waals surface area contributed by atoms with Gasteiger partial charge < -0.3 is 9.47 Å². The minimum atomic E-state index is -4.04. The Morgan fingerprint density at radius 1 is 1.00 bits per heavy atom. The number of rotatable bonds is 5. The third-order valence-corrected chi connectivity index (χ3v) is 6.32. The molecule has 0 N–H and O–H groups in total. The van der Waals surface area contributed by atoms with Crippen molar-refractivity contribution in [3.63, 3.8) is 0 Å². The third-order valence-electron chi connectivity index (χ3n) is 4.44. The van der Waals surface area contributed by atoms with Crippen LogP contribution in [0.1, 0.15) is 24.4 Å². The maximum absolute atomic E-state index is 13.5. The van der Waals surface area contributed by atoms with Gasteiger partial charge >= 0.3 is 0 Å². The minimum Gasteiger partial charge on any atom is -0.493 e. The van der Waals surface area contributed by atoms with Crippen molar-refractivity contribution >= 4 is 10.0 Å². The molecular formula is C18H19F2NO4S. The van der Waals surface area contributed by atoms with Gasteiger partial charge in [0.2, 0.25) is 10.0 Å². The van der Waals surface area contributed by atoms with Crippen LogP contribution in [0.5, 0.6) is 11.5 Å². The summed E-state index contributed by atoms with van der Waals surface area (Å²) < 4.78 is 64.6. The second-order valence-corrected chi connectivity index (χ2v) is 7.88. The third kappa shape index (κ3) is 3.39. The highest BCUT2D eigenvalue weighted by molar-refractivity contribution is 7.89. The second-order valence-electron chi connectivity index (χ2n) is 5.99. The van der Waals surface area contributed by atoms with E-state index in [0.717, 1.165) is 17.7 Å². The highest BCUT2D eigenvalue weighted by Gasteiger charge is 2.37. The van der Waals surface area contributed by atoms with Crippen molar-refractivity contribution in [1.82, 2.24) is 4.31 Å². The molecule has 1 heterocycles. The van der Waals surface area contributed by atoms with Gasteiger partial charge in [-0.15, -0.1) is 0 Å². The van der Waals surface area contributed by atoms with Crippen LogP contribution in [-0.2, 0) is 10.0 Å². The van der Waals surface area contributed by atoms with Crippen molar-refractivity contribution < 1.29 is 26.7 Å². The molecule has 140 valence electrons. The van der Waals surface area contributed by atoms with E-state index in [0.29, 0.717) is 30.4 Å². The Labute approximate surface area is 151 Å². The number of benzene rings is 2. The van der Waals surface area contributed by atoms with Crippen LogP contribution in [0, 0.1) is 11.6 Å². The fourth-order valence-electron chi connectivity index (χ4n) is 3.23. The molecule has 0 aliphatic carbocycles. The fraction of sp³-hybridized carbons (Fsp3) is 0.333. The smallest absolute Gasteiger partial charge is 0.243 e. The molecule has 8 heteroatoms. The molecule has 0 aromatic heterocycles. The largest absolute Gasteiger partial charge is 0.493 e. The summed E-state index contributed by atoms with van der Waals surface area (Å²) in [5, 5.41) is 0. The van der Waals surface area contributed by atoms with E-state index >= 15 is 0 Å². The molecule has 0 spiro atoms. The van der Waals surface area contributed by atoms with Crippen LogP contribution in [0.2, 0.25) is 0 Å². The second kappa shape index (κ2) is 7.20. The molecule has 0 radical (unpaired) electrons. The van der Waals surface area contributed by atoms with Gasteiger partial charge in [0.1, 0.15) is 11.6 Å². The van der Waals surface area contributed by atoms with E-state index in [-0.39, 0.29) is 11.4 Å². The molecule has 1 unspecified atom stereocenters. The molecule has 5 nitrogen and oxygen atoms in total. The first-order chi connectivity index (χ1) is 12.4. The molecule has 2 aromatic rings. The van der Waals surface area contributed by atoms with Gasteiger partial charge in [-0.25, -0.2) is 17.2 Å². The SMILES string of the molecule is COc1ccc(C2CCCN2S(=O)(=O)c2cc(F)cc(F)c2)cc1OC. The number of hydrogen-bond donors (Lipinski definition) is 0. The molecule has 26 heavy (non-hydrogen) atoms. The van der Waals surface area contributed by atoms with Crippen molar-refractivity contribution in [2.45, 2.75) is 23.8 Å². The monoisotopic (exact) mass is 383 g/mol. The van der Waals surface area contributed by atoms with Gasteiger partial charge in [-0.1, -0.05) is 6.07 Å². The lowest BCUT2D eigenvalue weighted by molar-refractivity contribution is 0.351. The summed E-state index contributed by atoms with van der Waals surface area (Å²) in [6.07, 6.45) is 1.25. The first-order valence-corrected chi connectivity index (χ1v) is 9.50. The van der Waals surface area contributed by atoms with E-state index in [9.17, 15) is 17.2 Å². The van der Waals surface area contributed by atoms with Gasteiger partial charge in [-0.3, -0.25) is 0 Å². The van der Waals surface area contributed by atoms with E-state index < -0.39 is 27.7 Å². The first-order valence-electron chi connectivity index (χ1n) is 8.06. The molecule has 1 atom stereocenters. The van der Waals surface area contributed by atoms with Crippen LogP contribution in [0.25, 0.3) is 0 Å². The summed E-state index contributed by atoms with van der Waals surface area (Å²) in [7, 11) is -1.02. The maximum Gasteiger partial charge on any atom is 0.243 e. The Bertz CT molecular complexity index is 897. The van der Waals surface area contributed by atoms with E-state index in [1.165, 1.54) is 18.5 Å². The van der Waals surface area contributed by atoms with E-state index in [1.54, 1.807) is 18.2 Å². The van der Waals surface area contributed by atoms with Gasteiger partial charge in [0.25, 0.3) is 0 Å². The quantitative estimate of drug-likeness (QED) is 0.793. The number of methoxy groups -OCH3 is 2. The number of sulfonamides is 1. The topological polar surface area (TPSA) is 55.8 Å². The van der Waals surface area contributed by atoms with Gasteiger partial charge in [-0.2, -0.15) is 4.31 Å². The summed E-state index contributed by atoms with van der Waals surface area (Å²) in [5.41, 5.74) is 0.737. The summed E-state index contributed by atoms with van der Waals surface area (Å²) in [6.45, 7) is 0.277. The minimum absolute atomic E-state index is 0.277. The van der Waals surface area contributed by atoms with Crippen molar-refractivity contribution in [2.75, 3.05) is 20.8 Å². The van der Waals surface area contributed by atoms with E-state index in [4.69, 9.17) is 9.47 Å². The molecule has 1 aliphatic rings. The zero-order valence-corrected chi connectivity index (χ0v) is 15.2. The normalized spacial score (nSPS) is 18.1. The van der Waals surface area contributed by atoms with Crippen LogP contribution in [-0.4, -0.2) is 33.5 Å². The molecule has 0 saturated carbocycles. The lowest BCUT2D eigenvalue weighted by Crippen LogP contribution is -2.30. The zero-order chi connectivity index (χ0) is 18.9. The van der Waals surface area contributed by atoms with E-state index in [1.807, 2.05) is 0 Å². The predicted octanol–water partition coefficient (Wildman–Crippen LogP) is 3.51. The first kappa shape index (κ1) is 18.6. The number of halogens is 2. The summed E-state index contributed by atoms with van der Waals surface area (Å²) >= 11 is 0. The van der Waals surface area contributed by atoms with Crippen molar-refractivity contribution in [3.8, 4) is 11.5 Å². The summed E-state index contributed by atoms with van der Waals surface area (Å²) in [4.78, 5) is -0.387. The zero-order valence-electron chi connectivity index (χ0n) is 14.4. The van der Waals surface area contributed by atoms with Gasteiger partial charge in [0.05, 0.1) is 25.2 Å². The summed E-state index contributed by atoms with van der Waals surface area (Å²) in [5.74, 6) is -0.821. The fourth-order valence-corrected chi connectivity index (χ4v) is 4.96. The van der Waals surface area contributed by atoms with Crippen molar-refractivity contribution in [2.24, 2.45) is 0 Å². The molecule has 1 fully saturated rings. The lowest BCUT2D eigenvalue weighted by Gasteiger charge is -2.25. The molecule has 2 aromatic carbocycles. The van der Waals surface area contributed by atoms with Crippen molar-refractivity contribution in [1.29, 1.82) is 0 Å². The molecule has 0 amide bonds. The highest BCUT2D eigenvalue weighted by atomic mass is 32.2.